The van der Waals surface area contributed by atoms with Crippen molar-refractivity contribution in [2.45, 2.75) is 19.9 Å². The average Bonchev–Trinajstić information content (AvgIpc) is 2.82. The zero-order chi connectivity index (χ0) is 15.6. The number of carbonyl (C=O) groups is 2. The first-order valence-electron chi connectivity index (χ1n) is 6.17. The lowest BCUT2D eigenvalue weighted by atomic mass is 10.1. The Labute approximate surface area is 125 Å². The van der Waals surface area contributed by atoms with E-state index in [2.05, 4.69) is 15.3 Å². The smallest absolute Gasteiger partial charge is 0.242 e. The SMILES string of the molecule is CC(=O)c1nc(NC(=O)[C@@H](C)N)sc1-c1cncc(N)c1. The number of rotatable bonds is 4. The second-order valence-electron chi connectivity index (χ2n) is 4.54. The molecule has 2 aromatic heterocycles. The Morgan fingerprint density at radius 3 is 2.67 bits per heavy atom. The van der Waals surface area contributed by atoms with E-state index in [1.54, 1.807) is 19.2 Å². The zero-order valence-electron chi connectivity index (χ0n) is 11.6. The topological polar surface area (TPSA) is 124 Å². The quantitative estimate of drug-likeness (QED) is 0.731. The number of nitrogens with two attached hydrogens (primary N) is 2. The molecule has 1 amide bonds. The van der Waals surface area contributed by atoms with Crippen LogP contribution in [0.15, 0.2) is 18.5 Å². The second-order valence-corrected chi connectivity index (χ2v) is 5.54. The van der Waals surface area contributed by atoms with Crippen molar-refractivity contribution in [3.63, 3.8) is 0 Å². The Balaban J connectivity index is 2.43. The van der Waals surface area contributed by atoms with E-state index in [9.17, 15) is 9.59 Å². The number of pyridine rings is 1. The highest BCUT2D eigenvalue weighted by Gasteiger charge is 2.19. The van der Waals surface area contributed by atoms with Gasteiger partial charge in [0, 0.05) is 24.9 Å². The molecule has 7 nitrogen and oxygen atoms in total. The Morgan fingerprint density at radius 2 is 2.10 bits per heavy atom. The van der Waals surface area contributed by atoms with Crippen LogP contribution in [0.2, 0.25) is 0 Å². The van der Waals surface area contributed by atoms with Crippen molar-refractivity contribution < 1.29 is 9.59 Å². The van der Waals surface area contributed by atoms with E-state index < -0.39 is 6.04 Å². The zero-order valence-corrected chi connectivity index (χ0v) is 12.4. The first-order chi connectivity index (χ1) is 9.88. The summed E-state index contributed by atoms with van der Waals surface area (Å²) in [5.74, 6) is -0.568. The molecule has 21 heavy (non-hydrogen) atoms. The van der Waals surface area contributed by atoms with Gasteiger partial charge >= 0.3 is 0 Å². The van der Waals surface area contributed by atoms with Crippen molar-refractivity contribution in [3.05, 3.63) is 24.2 Å². The fraction of sp³-hybridized carbons (Fsp3) is 0.231. The molecule has 0 fully saturated rings. The highest BCUT2D eigenvalue weighted by molar-refractivity contribution is 7.19. The number of Topliss-reactive ketones (excluding diaryl/α,β-unsaturated/α-hetero) is 1. The minimum Gasteiger partial charge on any atom is -0.397 e. The number of carbonyl (C=O) groups excluding carboxylic acids is 2. The lowest BCUT2D eigenvalue weighted by molar-refractivity contribution is -0.117. The Hall–Kier alpha value is -2.32. The lowest BCUT2D eigenvalue weighted by Crippen LogP contribution is -2.32. The normalized spacial score (nSPS) is 12.0. The summed E-state index contributed by atoms with van der Waals surface area (Å²) in [7, 11) is 0. The van der Waals surface area contributed by atoms with Crippen LogP contribution in [0.4, 0.5) is 10.8 Å². The molecule has 0 aliphatic heterocycles. The largest absolute Gasteiger partial charge is 0.397 e. The molecule has 2 rings (SSSR count). The molecule has 0 spiro atoms. The number of nitrogen functional groups attached to an aromatic ring is 1. The molecule has 1 atom stereocenters. The predicted octanol–water partition coefficient (Wildman–Crippen LogP) is 1.28. The van der Waals surface area contributed by atoms with E-state index in [0.29, 0.717) is 21.3 Å². The molecule has 0 saturated heterocycles. The molecule has 2 aromatic rings. The highest BCUT2D eigenvalue weighted by Crippen LogP contribution is 2.33. The first-order valence-corrected chi connectivity index (χ1v) is 6.99. The van der Waals surface area contributed by atoms with Crippen LogP contribution in [-0.4, -0.2) is 27.7 Å². The van der Waals surface area contributed by atoms with Crippen molar-refractivity contribution in [1.82, 2.24) is 9.97 Å². The molecule has 110 valence electrons. The fourth-order valence-corrected chi connectivity index (χ4v) is 2.61. The van der Waals surface area contributed by atoms with Gasteiger partial charge in [0.2, 0.25) is 5.91 Å². The van der Waals surface area contributed by atoms with E-state index in [0.717, 1.165) is 0 Å². The van der Waals surface area contributed by atoms with Crippen LogP contribution >= 0.6 is 11.3 Å². The standard InChI is InChI=1S/C13H15N5O2S/c1-6(14)12(20)18-13-17-10(7(2)19)11(21-13)8-3-9(15)5-16-4-8/h3-6H,14-15H2,1-2H3,(H,17,18,20)/t6-/m1/s1. The van der Waals surface area contributed by atoms with Gasteiger partial charge in [0.25, 0.3) is 0 Å². The number of amides is 1. The van der Waals surface area contributed by atoms with Gasteiger partial charge < -0.3 is 16.8 Å². The Bertz CT molecular complexity index is 696. The molecule has 2 heterocycles. The summed E-state index contributed by atoms with van der Waals surface area (Å²) in [5.41, 5.74) is 12.6. The number of anilines is 2. The van der Waals surface area contributed by atoms with Gasteiger partial charge in [-0.2, -0.15) is 0 Å². The molecule has 0 unspecified atom stereocenters. The van der Waals surface area contributed by atoms with Gasteiger partial charge in [-0.1, -0.05) is 11.3 Å². The molecule has 0 saturated carbocycles. The third kappa shape index (κ3) is 3.41. The third-order valence-corrected chi connectivity index (χ3v) is 3.65. The van der Waals surface area contributed by atoms with Gasteiger partial charge in [-0.25, -0.2) is 4.98 Å². The number of hydrogen-bond acceptors (Lipinski definition) is 7. The third-order valence-electron chi connectivity index (χ3n) is 2.63. The van der Waals surface area contributed by atoms with Gasteiger partial charge in [-0.3, -0.25) is 14.6 Å². The van der Waals surface area contributed by atoms with Crippen LogP contribution in [0.3, 0.4) is 0 Å². The van der Waals surface area contributed by atoms with Crippen LogP contribution in [-0.2, 0) is 4.79 Å². The van der Waals surface area contributed by atoms with Gasteiger partial charge in [0.15, 0.2) is 10.9 Å². The monoisotopic (exact) mass is 305 g/mol. The molecular formula is C13H15N5O2S. The summed E-state index contributed by atoms with van der Waals surface area (Å²) in [4.78, 5) is 32.1. The minimum absolute atomic E-state index is 0.204. The van der Waals surface area contributed by atoms with Gasteiger partial charge in [0.05, 0.1) is 16.6 Å². The van der Waals surface area contributed by atoms with E-state index in [1.165, 1.54) is 24.5 Å². The number of nitrogens with zero attached hydrogens (tertiary/aromatic N) is 2. The Kier molecular flexibility index (Phi) is 4.29. The van der Waals surface area contributed by atoms with E-state index in [1.807, 2.05) is 0 Å². The minimum atomic E-state index is -0.660. The summed E-state index contributed by atoms with van der Waals surface area (Å²) < 4.78 is 0. The van der Waals surface area contributed by atoms with Gasteiger partial charge in [-0.05, 0) is 13.0 Å². The number of hydrogen-bond donors (Lipinski definition) is 3. The second kappa shape index (κ2) is 5.98. The van der Waals surface area contributed by atoms with E-state index in [-0.39, 0.29) is 17.4 Å². The molecule has 0 radical (unpaired) electrons. The molecule has 0 aromatic carbocycles. The summed E-state index contributed by atoms with van der Waals surface area (Å²) >= 11 is 1.18. The number of ketones is 1. The van der Waals surface area contributed by atoms with E-state index in [4.69, 9.17) is 11.5 Å². The van der Waals surface area contributed by atoms with Crippen LogP contribution < -0.4 is 16.8 Å². The van der Waals surface area contributed by atoms with Crippen LogP contribution in [0.5, 0.6) is 0 Å². The summed E-state index contributed by atoms with van der Waals surface area (Å²) in [6.45, 7) is 2.98. The van der Waals surface area contributed by atoms with Crippen molar-refractivity contribution in [2.24, 2.45) is 5.73 Å². The van der Waals surface area contributed by atoms with Crippen molar-refractivity contribution in [3.8, 4) is 10.4 Å². The van der Waals surface area contributed by atoms with Gasteiger partial charge in [0.1, 0.15) is 5.69 Å². The number of aromatic nitrogens is 2. The fourth-order valence-electron chi connectivity index (χ4n) is 1.61. The maximum atomic E-state index is 11.7. The molecule has 8 heteroatoms. The predicted molar refractivity (Wildman–Crippen MR) is 82.0 cm³/mol. The number of thiazole rings is 1. The van der Waals surface area contributed by atoms with Crippen LogP contribution in [0.25, 0.3) is 10.4 Å². The summed E-state index contributed by atoms with van der Waals surface area (Å²) in [5, 5.41) is 2.90. The average molecular weight is 305 g/mol. The maximum Gasteiger partial charge on any atom is 0.242 e. The highest BCUT2D eigenvalue weighted by atomic mass is 32.1. The van der Waals surface area contributed by atoms with Crippen molar-refractivity contribution >= 4 is 33.8 Å². The first kappa shape index (κ1) is 15.1. The lowest BCUT2D eigenvalue weighted by Gasteiger charge is -2.03. The molecule has 0 aliphatic carbocycles. The van der Waals surface area contributed by atoms with Crippen molar-refractivity contribution in [1.29, 1.82) is 0 Å². The summed E-state index contributed by atoms with van der Waals surface area (Å²) in [6, 6.07) is 1.04. The molecule has 0 aliphatic rings. The van der Waals surface area contributed by atoms with E-state index >= 15 is 0 Å². The molecule has 5 N–H and O–H groups in total. The Morgan fingerprint density at radius 1 is 1.38 bits per heavy atom. The van der Waals surface area contributed by atoms with Crippen LogP contribution in [0, 0.1) is 0 Å². The van der Waals surface area contributed by atoms with Crippen molar-refractivity contribution in [2.75, 3.05) is 11.1 Å². The molecule has 0 bridgehead atoms. The maximum absolute atomic E-state index is 11.7. The molecular weight excluding hydrogens is 290 g/mol. The van der Waals surface area contributed by atoms with Crippen LogP contribution in [0.1, 0.15) is 24.3 Å². The number of nitrogens with one attached hydrogen (secondary N) is 1. The van der Waals surface area contributed by atoms with Gasteiger partial charge in [-0.15, -0.1) is 0 Å². The summed E-state index contributed by atoms with van der Waals surface area (Å²) in [6.07, 6.45) is 3.10.